The number of sulfonamides is 1. The number of nitrogens with one attached hydrogen (secondary N) is 1. The number of para-hydroxylation sites is 2. The highest BCUT2D eigenvalue weighted by Gasteiger charge is 2.41. The molecule has 2 heterocycles. The molecule has 0 fully saturated rings. The second kappa shape index (κ2) is 6.58. The smallest absolute Gasteiger partial charge is 0.269 e. The summed E-state index contributed by atoms with van der Waals surface area (Å²) in [6.45, 7) is -0.202. The van der Waals surface area contributed by atoms with Crippen molar-refractivity contribution in [3.8, 4) is 11.5 Å². The van der Waals surface area contributed by atoms with Crippen LogP contribution in [0, 0.1) is 0 Å². The van der Waals surface area contributed by atoms with Gasteiger partial charge in [-0.2, -0.15) is 0 Å². The molecule has 2 aliphatic rings. The lowest BCUT2D eigenvalue weighted by molar-refractivity contribution is -0.121. The molecule has 9 heteroatoms. The standard InChI is InChI=1S/C18H16N2O6S/c21-17(19-9-12-11-25-14-6-2-3-7-15(14)26-12)10-20-18(22)13-5-1-4-8-16(13)27(20,23)24/h1-8,12H,9-11H2,(H,19,21)/t12-/m1/s1. The van der Waals surface area contributed by atoms with E-state index in [1.807, 2.05) is 12.1 Å². The summed E-state index contributed by atoms with van der Waals surface area (Å²) in [7, 11) is -4.01. The molecule has 2 amide bonds. The van der Waals surface area contributed by atoms with E-state index in [4.69, 9.17) is 9.47 Å². The van der Waals surface area contributed by atoms with Crippen molar-refractivity contribution in [3.05, 3.63) is 54.1 Å². The summed E-state index contributed by atoms with van der Waals surface area (Å²) >= 11 is 0. The Labute approximate surface area is 155 Å². The quantitative estimate of drug-likeness (QED) is 0.831. The molecular weight excluding hydrogens is 372 g/mol. The van der Waals surface area contributed by atoms with Crippen molar-refractivity contribution in [1.29, 1.82) is 0 Å². The summed E-state index contributed by atoms with van der Waals surface area (Å²) in [6.07, 6.45) is -0.410. The van der Waals surface area contributed by atoms with Crippen molar-refractivity contribution >= 4 is 21.8 Å². The first-order valence-electron chi connectivity index (χ1n) is 8.28. The van der Waals surface area contributed by atoms with Gasteiger partial charge in [-0.25, -0.2) is 12.7 Å². The monoisotopic (exact) mass is 388 g/mol. The van der Waals surface area contributed by atoms with E-state index in [9.17, 15) is 18.0 Å². The molecule has 0 saturated heterocycles. The number of carbonyl (C=O) groups is 2. The fraction of sp³-hybridized carbons (Fsp3) is 0.222. The SMILES string of the molecule is O=C(CN1C(=O)c2ccccc2S1(=O)=O)NC[C@@H]1COc2ccccc2O1. The van der Waals surface area contributed by atoms with Gasteiger partial charge in [-0.1, -0.05) is 24.3 Å². The van der Waals surface area contributed by atoms with E-state index in [0.717, 1.165) is 0 Å². The van der Waals surface area contributed by atoms with Crippen molar-refractivity contribution in [3.63, 3.8) is 0 Å². The molecule has 2 aliphatic heterocycles. The van der Waals surface area contributed by atoms with E-state index in [-0.39, 0.29) is 23.6 Å². The molecule has 0 unspecified atom stereocenters. The van der Waals surface area contributed by atoms with Crippen LogP contribution in [0.5, 0.6) is 11.5 Å². The number of nitrogens with zero attached hydrogens (tertiary/aromatic N) is 1. The normalized spacial score (nSPS) is 19.5. The van der Waals surface area contributed by atoms with Crippen LogP contribution in [0.1, 0.15) is 10.4 Å². The molecule has 27 heavy (non-hydrogen) atoms. The summed E-state index contributed by atoms with van der Waals surface area (Å²) in [6, 6.07) is 13.1. The molecule has 140 valence electrons. The molecule has 1 atom stereocenters. The van der Waals surface area contributed by atoms with Gasteiger partial charge in [-0.15, -0.1) is 0 Å². The number of amides is 2. The van der Waals surface area contributed by atoms with Crippen molar-refractivity contribution in [2.24, 2.45) is 0 Å². The van der Waals surface area contributed by atoms with E-state index in [1.54, 1.807) is 18.2 Å². The number of hydrogen-bond acceptors (Lipinski definition) is 6. The van der Waals surface area contributed by atoms with E-state index in [2.05, 4.69) is 5.32 Å². The maximum absolute atomic E-state index is 12.5. The highest BCUT2D eigenvalue weighted by atomic mass is 32.2. The van der Waals surface area contributed by atoms with E-state index >= 15 is 0 Å². The number of carbonyl (C=O) groups excluding carboxylic acids is 2. The van der Waals surface area contributed by atoms with Crippen LogP contribution in [0.15, 0.2) is 53.4 Å². The van der Waals surface area contributed by atoms with Crippen LogP contribution in [-0.2, 0) is 14.8 Å². The van der Waals surface area contributed by atoms with Gasteiger partial charge < -0.3 is 14.8 Å². The zero-order valence-corrected chi connectivity index (χ0v) is 14.9. The van der Waals surface area contributed by atoms with Crippen LogP contribution in [0.25, 0.3) is 0 Å². The van der Waals surface area contributed by atoms with Gasteiger partial charge in [0.25, 0.3) is 15.9 Å². The Morgan fingerprint density at radius 1 is 1.11 bits per heavy atom. The van der Waals surface area contributed by atoms with Crippen LogP contribution in [0.4, 0.5) is 0 Å². The Kier molecular flexibility index (Phi) is 4.23. The summed E-state index contributed by atoms with van der Waals surface area (Å²) in [5.74, 6) is -0.0866. The van der Waals surface area contributed by atoms with Gasteiger partial charge in [0.2, 0.25) is 5.91 Å². The topological polar surface area (TPSA) is 102 Å². The molecule has 4 rings (SSSR count). The van der Waals surface area contributed by atoms with Crippen LogP contribution >= 0.6 is 0 Å². The minimum absolute atomic E-state index is 0.0749. The molecule has 0 saturated carbocycles. The molecule has 0 spiro atoms. The highest BCUT2D eigenvalue weighted by molar-refractivity contribution is 7.90. The van der Waals surface area contributed by atoms with E-state index < -0.39 is 34.5 Å². The average molecular weight is 388 g/mol. The molecule has 0 bridgehead atoms. The van der Waals surface area contributed by atoms with Crippen LogP contribution in [-0.4, -0.2) is 50.3 Å². The number of benzene rings is 2. The van der Waals surface area contributed by atoms with Crippen LogP contribution < -0.4 is 14.8 Å². The van der Waals surface area contributed by atoms with Crippen LogP contribution in [0.2, 0.25) is 0 Å². The molecule has 0 aromatic heterocycles. The number of fused-ring (bicyclic) bond motifs is 2. The summed E-state index contributed by atoms with van der Waals surface area (Å²) in [5, 5.41) is 2.59. The van der Waals surface area contributed by atoms with Crippen molar-refractivity contribution in [2.75, 3.05) is 19.7 Å². The zero-order valence-electron chi connectivity index (χ0n) is 14.1. The second-order valence-electron chi connectivity index (χ2n) is 6.11. The maximum atomic E-state index is 12.5. The summed E-state index contributed by atoms with van der Waals surface area (Å²) < 4.78 is 36.8. The highest BCUT2D eigenvalue weighted by Crippen LogP contribution is 2.31. The molecule has 2 aromatic rings. The third kappa shape index (κ3) is 3.10. The van der Waals surface area contributed by atoms with Crippen LogP contribution in [0.3, 0.4) is 0 Å². The average Bonchev–Trinajstić information content (AvgIpc) is 2.87. The molecular formula is C18H16N2O6S. The largest absolute Gasteiger partial charge is 0.486 e. The van der Waals surface area contributed by atoms with E-state index in [0.29, 0.717) is 15.8 Å². The predicted octanol–water partition coefficient (Wildman–Crippen LogP) is 0.787. The van der Waals surface area contributed by atoms with Crippen molar-refractivity contribution in [2.45, 2.75) is 11.0 Å². The van der Waals surface area contributed by atoms with Crippen molar-refractivity contribution < 1.29 is 27.5 Å². The first-order valence-corrected chi connectivity index (χ1v) is 9.72. The minimum atomic E-state index is -4.01. The van der Waals surface area contributed by atoms with Gasteiger partial charge in [-0.05, 0) is 24.3 Å². The molecule has 8 nitrogen and oxygen atoms in total. The zero-order chi connectivity index (χ0) is 19.0. The molecule has 2 aromatic carbocycles. The lowest BCUT2D eigenvalue weighted by atomic mass is 10.2. The predicted molar refractivity (Wildman–Crippen MR) is 94.0 cm³/mol. The Bertz CT molecular complexity index is 1020. The van der Waals surface area contributed by atoms with Gasteiger partial charge >= 0.3 is 0 Å². The molecule has 0 radical (unpaired) electrons. The lowest BCUT2D eigenvalue weighted by Gasteiger charge is -2.26. The summed E-state index contributed by atoms with van der Waals surface area (Å²) in [5.41, 5.74) is 0.0749. The Morgan fingerprint density at radius 2 is 1.81 bits per heavy atom. The van der Waals surface area contributed by atoms with Gasteiger partial charge in [-0.3, -0.25) is 9.59 Å². The first-order chi connectivity index (χ1) is 13.0. The second-order valence-corrected chi connectivity index (χ2v) is 7.95. The van der Waals surface area contributed by atoms with E-state index in [1.165, 1.54) is 18.2 Å². The fourth-order valence-electron chi connectivity index (χ4n) is 2.96. The van der Waals surface area contributed by atoms with Gasteiger partial charge in [0, 0.05) is 0 Å². The Morgan fingerprint density at radius 3 is 2.59 bits per heavy atom. The first kappa shape index (κ1) is 17.3. The van der Waals surface area contributed by atoms with Gasteiger partial charge in [0.15, 0.2) is 11.5 Å². The molecule has 0 aliphatic carbocycles. The minimum Gasteiger partial charge on any atom is -0.486 e. The number of ether oxygens (including phenoxy) is 2. The Balaban J connectivity index is 1.38. The number of rotatable bonds is 4. The lowest BCUT2D eigenvalue weighted by Crippen LogP contribution is -2.45. The maximum Gasteiger partial charge on any atom is 0.269 e. The fourth-order valence-corrected chi connectivity index (χ4v) is 4.49. The van der Waals surface area contributed by atoms with Gasteiger partial charge in [0.1, 0.15) is 24.2 Å². The Hall–Kier alpha value is -3.07. The summed E-state index contributed by atoms with van der Waals surface area (Å²) in [4.78, 5) is 24.4. The van der Waals surface area contributed by atoms with Crippen molar-refractivity contribution in [1.82, 2.24) is 9.62 Å². The molecule has 1 N–H and O–H groups in total. The third-order valence-electron chi connectivity index (χ3n) is 4.29. The third-order valence-corrected chi connectivity index (χ3v) is 6.08. The van der Waals surface area contributed by atoms with Gasteiger partial charge in [0.05, 0.1) is 12.1 Å². The number of hydrogen-bond donors (Lipinski definition) is 1.